The normalized spacial score (nSPS) is 14.5. The maximum atomic E-state index is 12.9. The second-order valence-corrected chi connectivity index (χ2v) is 7.41. The van der Waals surface area contributed by atoms with E-state index in [1.807, 2.05) is 24.3 Å². The molecule has 1 heterocycles. The van der Waals surface area contributed by atoms with Crippen molar-refractivity contribution >= 4 is 29.1 Å². The maximum Gasteiger partial charge on any atom is 0.257 e. The quantitative estimate of drug-likeness (QED) is 0.786. The van der Waals surface area contributed by atoms with Gasteiger partial charge >= 0.3 is 0 Å². The van der Waals surface area contributed by atoms with Crippen molar-refractivity contribution < 1.29 is 14.3 Å². The van der Waals surface area contributed by atoms with E-state index in [9.17, 15) is 9.59 Å². The molecule has 7 heteroatoms. The molecule has 154 valence electrons. The van der Waals surface area contributed by atoms with E-state index in [4.69, 9.17) is 16.3 Å². The molecule has 1 aliphatic rings. The Bertz CT molecular complexity index is 879. The fourth-order valence-corrected chi connectivity index (χ4v) is 3.64. The van der Waals surface area contributed by atoms with Crippen LogP contribution in [0.15, 0.2) is 42.5 Å². The van der Waals surface area contributed by atoms with Crippen molar-refractivity contribution in [3.8, 4) is 5.75 Å². The molecule has 1 saturated heterocycles. The minimum atomic E-state index is -0.106. The predicted molar refractivity (Wildman–Crippen MR) is 115 cm³/mol. The van der Waals surface area contributed by atoms with E-state index in [0.29, 0.717) is 49.1 Å². The molecule has 2 aromatic rings. The molecule has 1 fully saturated rings. The summed E-state index contributed by atoms with van der Waals surface area (Å²) in [6, 6.07) is 12.9. The lowest BCUT2D eigenvalue weighted by Crippen LogP contribution is -2.50. The third-order valence-corrected chi connectivity index (χ3v) is 5.33. The summed E-state index contributed by atoms with van der Waals surface area (Å²) in [6.45, 7) is 4.74. The van der Waals surface area contributed by atoms with Crippen LogP contribution in [0.4, 0.5) is 5.69 Å². The SMILES string of the molecule is CCc1ccccc1NC(=O)CN1CCN(C(=O)c2cc(Cl)ccc2OC)CC1. The number of halogens is 1. The smallest absolute Gasteiger partial charge is 0.257 e. The molecule has 6 nitrogen and oxygen atoms in total. The van der Waals surface area contributed by atoms with Gasteiger partial charge in [0.2, 0.25) is 5.91 Å². The molecular formula is C22H26ClN3O3. The van der Waals surface area contributed by atoms with Crippen LogP contribution < -0.4 is 10.1 Å². The molecule has 0 bridgehead atoms. The topological polar surface area (TPSA) is 61.9 Å². The molecule has 0 unspecified atom stereocenters. The van der Waals surface area contributed by atoms with E-state index in [2.05, 4.69) is 17.1 Å². The number of amides is 2. The minimum Gasteiger partial charge on any atom is -0.496 e. The Kier molecular flexibility index (Phi) is 7.12. The van der Waals surface area contributed by atoms with Gasteiger partial charge in [-0.2, -0.15) is 0 Å². The first-order valence-corrected chi connectivity index (χ1v) is 10.1. The van der Waals surface area contributed by atoms with Gasteiger partial charge in [0.05, 0.1) is 19.2 Å². The average molecular weight is 416 g/mol. The monoisotopic (exact) mass is 415 g/mol. The van der Waals surface area contributed by atoms with Gasteiger partial charge in [0.25, 0.3) is 5.91 Å². The Morgan fingerprint density at radius 1 is 1.10 bits per heavy atom. The molecule has 0 aromatic heterocycles. The van der Waals surface area contributed by atoms with Crippen molar-refractivity contribution in [2.75, 3.05) is 45.2 Å². The predicted octanol–water partition coefficient (Wildman–Crippen LogP) is 3.31. The number of piperazine rings is 1. The number of ether oxygens (including phenoxy) is 1. The van der Waals surface area contributed by atoms with E-state index in [1.165, 1.54) is 7.11 Å². The third-order valence-electron chi connectivity index (χ3n) is 5.09. The van der Waals surface area contributed by atoms with Crippen molar-refractivity contribution in [3.63, 3.8) is 0 Å². The van der Waals surface area contributed by atoms with Gasteiger partial charge < -0.3 is 15.0 Å². The Morgan fingerprint density at radius 3 is 2.52 bits per heavy atom. The fourth-order valence-electron chi connectivity index (χ4n) is 3.47. The second-order valence-electron chi connectivity index (χ2n) is 6.97. The lowest BCUT2D eigenvalue weighted by Gasteiger charge is -2.34. The van der Waals surface area contributed by atoms with E-state index < -0.39 is 0 Å². The lowest BCUT2D eigenvalue weighted by atomic mass is 10.1. The highest BCUT2D eigenvalue weighted by molar-refractivity contribution is 6.31. The number of carbonyl (C=O) groups excluding carboxylic acids is 2. The number of anilines is 1. The van der Waals surface area contributed by atoms with E-state index in [1.54, 1.807) is 23.1 Å². The molecule has 1 aliphatic heterocycles. The van der Waals surface area contributed by atoms with Gasteiger partial charge in [0, 0.05) is 36.9 Å². The van der Waals surface area contributed by atoms with Gasteiger partial charge in [-0.3, -0.25) is 14.5 Å². The van der Waals surface area contributed by atoms with Crippen molar-refractivity contribution in [1.29, 1.82) is 0 Å². The average Bonchev–Trinajstić information content (AvgIpc) is 2.74. The zero-order valence-corrected chi connectivity index (χ0v) is 17.5. The molecule has 0 radical (unpaired) electrons. The van der Waals surface area contributed by atoms with Gasteiger partial charge in [-0.15, -0.1) is 0 Å². The van der Waals surface area contributed by atoms with Crippen LogP contribution in [0.5, 0.6) is 5.75 Å². The van der Waals surface area contributed by atoms with Crippen LogP contribution in [0.1, 0.15) is 22.8 Å². The summed E-state index contributed by atoms with van der Waals surface area (Å²) in [4.78, 5) is 29.1. The van der Waals surface area contributed by atoms with Crippen LogP contribution in [-0.2, 0) is 11.2 Å². The molecule has 2 amide bonds. The first-order valence-electron chi connectivity index (χ1n) is 9.74. The number of aryl methyl sites for hydroxylation is 1. The number of hydrogen-bond acceptors (Lipinski definition) is 4. The standard InChI is InChI=1S/C22H26ClN3O3/c1-3-16-6-4-5-7-19(16)24-21(27)15-25-10-12-26(13-11-25)22(28)18-14-17(23)8-9-20(18)29-2/h4-9,14H,3,10-13,15H2,1-2H3,(H,24,27). The highest BCUT2D eigenvalue weighted by Gasteiger charge is 2.25. The zero-order valence-electron chi connectivity index (χ0n) is 16.8. The number of benzene rings is 2. The molecule has 0 aliphatic carbocycles. The van der Waals surface area contributed by atoms with E-state index >= 15 is 0 Å². The molecule has 0 atom stereocenters. The Balaban J connectivity index is 1.55. The highest BCUT2D eigenvalue weighted by Crippen LogP contribution is 2.24. The van der Waals surface area contributed by atoms with Gasteiger partial charge in [0.15, 0.2) is 0 Å². The number of methoxy groups -OCH3 is 1. The number of rotatable bonds is 6. The van der Waals surface area contributed by atoms with E-state index in [0.717, 1.165) is 17.7 Å². The number of para-hydroxylation sites is 1. The first-order chi connectivity index (χ1) is 14.0. The largest absolute Gasteiger partial charge is 0.496 e. The minimum absolute atomic E-state index is 0.0396. The fraction of sp³-hybridized carbons (Fsp3) is 0.364. The van der Waals surface area contributed by atoms with Crippen LogP contribution in [0.2, 0.25) is 5.02 Å². The summed E-state index contributed by atoms with van der Waals surface area (Å²) in [5, 5.41) is 3.49. The van der Waals surface area contributed by atoms with Crippen LogP contribution in [-0.4, -0.2) is 61.4 Å². The molecule has 2 aromatic carbocycles. The van der Waals surface area contributed by atoms with Gasteiger partial charge in [0.1, 0.15) is 5.75 Å². The number of nitrogens with zero attached hydrogens (tertiary/aromatic N) is 2. The van der Waals surface area contributed by atoms with Gasteiger partial charge in [-0.25, -0.2) is 0 Å². The Hall–Kier alpha value is -2.57. The summed E-state index contributed by atoms with van der Waals surface area (Å²) in [6.07, 6.45) is 0.865. The molecule has 1 N–H and O–H groups in total. The lowest BCUT2D eigenvalue weighted by molar-refractivity contribution is -0.117. The summed E-state index contributed by atoms with van der Waals surface area (Å²) in [7, 11) is 1.53. The van der Waals surface area contributed by atoms with Crippen molar-refractivity contribution in [1.82, 2.24) is 9.80 Å². The van der Waals surface area contributed by atoms with Crippen LogP contribution in [0, 0.1) is 0 Å². The molecule has 3 rings (SSSR count). The Morgan fingerprint density at radius 2 is 1.83 bits per heavy atom. The van der Waals surface area contributed by atoms with Crippen LogP contribution in [0.3, 0.4) is 0 Å². The van der Waals surface area contributed by atoms with Crippen LogP contribution >= 0.6 is 11.6 Å². The van der Waals surface area contributed by atoms with Crippen LogP contribution in [0.25, 0.3) is 0 Å². The summed E-state index contributed by atoms with van der Waals surface area (Å²) < 4.78 is 5.29. The van der Waals surface area contributed by atoms with Crippen molar-refractivity contribution in [2.45, 2.75) is 13.3 Å². The summed E-state index contributed by atoms with van der Waals surface area (Å²) in [5.41, 5.74) is 2.44. The highest BCUT2D eigenvalue weighted by atomic mass is 35.5. The van der Waals surface area contributed by atoms with E-state index in [-0.39, 0.29) is 11.8 Å². The number of hydrogen-bond donors (Lipinski definition) is 1. The zero-order chi connectivity index (χ0) is 20.8. The number of nitrogens with one attached hydrogen (secondary N) is 1. The van der Waals surface area contributed by atoms with Gasteiger partial charge in [-0.05, 0) is 36.2 Å². The van der Waals surface area contributed by atoms with Crippen molar-refractivity contribution in [2.24, 2.45) is 0 Å². The summed E-state index contributed by atoms with van der Waals surface area (Å²) in [5.74, 6) is 0.364. The van der Waals surface area contributed by atoms with Crippen molar-refractivity contribution in [3.05, 3.63) is 58.6 Å². The maximum absolute atomic E-state index is 12.9. The Labute approximate surface area is 176 Å². The number of carbonyl (C=O) groups is 2. The second kappa shape index (κ2) is 9.76. The third kappa shape index (κ3) is 5.28. The molecule has 0 spiro atoms. The first kappa shape index (κ1) is 21.1. The molecule has 0 saturated carbocycles. The molecule has 29 heavy (non-hydrogen) atoms. The molecular weight excluding hydrogens is 390 g/mol. The summed E-state index contributed by atoms with van der Waals surface area (Å²) >= 11 is 6.05. The van der Waals surface area contributed by atoms with Gasteiger partial charge in [-0.1, -0.05) is 36.7 Å².